The number of nitriles is 1. The first-order valence-corrected chi connectivity index (χ1v) is 5.14. The van der Waals surface area contributed by atoms with Gasteiger partial charge in [0, 0.05) is 11.1 Å². The maximum absolute atomic E-state index is 13.2. The van der Waals surface area contributed by atoms with Gasteiger partial charge in [-0.25, -0.2) is 8.78 Å². The molecule has 2 aromatic rings. The second kappa shape index (κ2) is 4.52. The molecule has 0 saturated carbocycles. The zero-order valence-corrected chi connectivity index (χ0v) is 9.30. The van der Waals surface area contributed by atoms with E-state index < -0.39 is 11.6 Å². The van der Waals surface area contributed by atoms with Gasteiger partial charge in [-0.1, -0.05) is 11.6 Å². The van der Waals surface area contributed by atoms with E-state index in [-0.39, 0.29) is 5.02 Å². The molecule has 1 nitrogen and oxygen atoms in total. The molecule has 2 aromatic carbocycles. The summed E-state index contributed by atoms with van der Waals surface area (Å²) in [5, 5.41) is 9.07. The summed E-state index contributed by atoms with van der Waals surface area (Å²) in [5.41, 5.74) is 1.08. The molecule has 17 heavy (non-hydrogen) atoms. The maximum atomic E-state index is 13.2. The lowest BCUT2D eigenvalue weighted by atomic mass is 10.00. The van der Waals surface area contributed by atoms with Crippen molar-refractivity contribution in [3.8, 4) is 17.2 Å². The van der Waals surface area contributed by atoms with Crippen LogP contribution in [0, 0.1) is 23.0 Å². The zero-order valence-electron chi connectivity index (χ0n) is 8.55. The lowest BCUT2D eigenvalue weighted by Gasteiger charge is -2.06. The van der Waals surface area contributed by atoms with Crippen molar-refractivity contribution in [2.24, 2.45) is 0 Å². The maximum Gasteiger partial charge on any atom is 0.124 e. The quantitative estimate of drug-likeness (QED) is 0.745. The minimum atomic E-state index is -0.478. The summed E-state index contributed by atoms with van der Waals surface area (Å²) in [5.74, 6) is -0.951. The van der Waals surface area contributed by atoms with Gasteiger partial charge in [-0.2, -0.15) is 5.26 Å². The van der Waals surface area contributed by atoms with Crippen LogP contribution in [0.15, 0.2) is 36.4 Å². The summed E-state index contributed by atoms with van der Waals surface area (Å²) in [4.78, 5) is 0. The van der Waals surface area contributed by atoms with Crippen molar-refractivity contribution in [3.05, 3.63) is 58.6 Å². The number of benzene rings is 2. The second-order valence-electron chi connectivity index (χ2n) is 3.43. The Kier molecular flexibility index (Phi) is 3.08. The van der Waals surface area contributed by atoms with Gasteiger partial charge < -0.3 is 0 Å². The topological polar surface area (TPSA) is 23.8 Å². The highest BCUT2D eigenvalue weighted by molar-refractivity contribution is 6.33. The summed E-state index contributed by atoms with van der Waals surface area (Å²) in [7, 11) is 0. The SMILES string of the molecule is N#Cc1ccc(F)cc1-c1ccc(F)cc1Cl. The Morgan fingerprint density at radius 2 is 1.59 bits per heavy atom. The first kappa shape index (κ1) is 11.6. The molecule has 0 spiro atoms. The highest BCUT2D eigenvalue weighted by Crippen LogP contribution is 2.31. The zero-order chi connectivity index (χ0) is 12.4. The van der Waals surface area contributed by atoms with Crippen molar-refractivity contribution >= 4 is 11.6 Å². The Labute approximate surface area is 102 Å². The van der Waals surface area contributed by atoms with Crippen molar-refractivity contribution in [1.29, 1.82) is 5.26 Å². The molecular weight excluding hydrogens is 244 g/mol. The number of nitrogens with zero attached hydrogens (tertiary/aromatic N) is 1. The second-order valence-corrected chi connectivity index (χ2v) is 3.83. The van der Waals surface area contributed by atoms with E-state index in [0.717, 1.165) is 6.07 Å². The highest BCUT2D eigenvalue weighted by Gasteiger charge is 2.10. The summed E-state index contributed by atoms with van der Waals surface area (Å²) in [6.07, 6.45) is 0. The van der Waals surface area contributed by atoms with Crippen LogP contribution in [-0.2, 0) is 0 Å². The van der Waals surface area contributed by atoms with Gasteiger partial charge >= 0.3 is 0 Å². The smallest absolute Gasteiger partial charge is 0.124 e. The van der Waals surface area contributed by atoms with E-state index in [1.807, 2.05) is 6.07 Å². The van der Waals surface area contributed by atoms with Gasteiger partial charge in [0.25, 0.3) is 0 Å². The van der Waals surface area contributed by atoms with Gasteiger partial charge in [-0.15, -0.1) is 0 Å². The van der Waals surface area contributed by atoms with Crippen LogP contribution < -0.4 is 0 Å². The molecule has 0 saturated heterocycles. The molecule has 0 N–H and O–H groups in total. The Morgan fingerprint density at radius 1 is 0.941 bits per heavy atom. The van der Waals surface area contributed by atoms with Crippen molar-refractivity contribution in [2.75, 3.05) is 0 Å². The van der Waals surface area contributed by atoms with Crippen molar-refractivity contribution in [2.45, 2.75) is 0 Å². The van der Waals surface area contributed by atoms with Crippen LogP contribution in [0.2, 0.25) is 5.02 Å². The third-order valence-corrected chi connectivity index (χ3v) is 2.64. The fourth-order valence-corrected chi connectivity index (χ4v) is 1.81. The molecule has 0 aliphatic rings. The van der Waals surface area contributed by atoms with Crippen LogP contribution in [-0.4, -0.2) is 0 Å². The highest BCUT2D eigenvalue weighted by atomic mass is 35.5. The fraction of sp³-hybridized carbons (Fsp3) is 0. The first-order valence-electron chi connectivity index (χ1n) is 4.77. The molecule has 0 aliphatic carbocycles. The van der Waals surface area contributed by atoms with E-state index in [4.69, 9.17) is 16.9 Å². The van der Waals surface area contributed by atoms with Gasteiger partial charge in [-0.05, 0) is 36.4 Å². The third kappa shape index (κ3) is 2.27. The standard InChI is InChI=1S/C13H6ClF2N/c14-13-6-10(16)3-4-11(13)12-5-9(15)2-1-8(12)7-17/h1-6H. The van der Waals surface area contributed by atoms with Crippen molar-refractivity contribution in [1.82, 2.24) is 0 Å². The van der Waals surface area contributed by atoms with Crippen molar-refractivity contribution < 1.29 is 8.78 Å². The Morgan fingerprint density at radius 3 is 2.24 bits per heavy atom. The average molecular weight is 250 g/mol. The van der Waals surface area contributed by atoms with Gasteiger partial charge in [-0.3, -0.25) is 0 Å². The predicted octanol–water partition coefficient (Wildman–Crippen LogP) is 4.16. The molecule has 0 amide bonds. The number of rotatable bonds is 1. The summed E-state index contributed by atoms with van der Waals surface area (Å²) in [6, 6.07) is 9.48. The molecule has 0 aliphatic heterocycles. The molecule has 2 rings (SSSR count). The molecule has 4 heteroatoms. The van der Waals surface area contributed by atoms with Crippen LogP contribution in [0.4, 0.5) is 8.78 Å². The van der Waals surface area contributed by atoms with Gasteiger partial charge in [0.2, 0.25) is 0 Å². The van der Waals surface area contributed by atoms with Crippen LogP contribution in [0.1, 0.15) is 5.56 Å². The van der Waals surface area contributed by atoms with E-state index in [2.05, 4.69) is 0 Å². The summed E-state index contributed by atoms with van der Waals surface area (Å²) >= 11 is 5.87. The van der Waals surface area contributed by atoms with Gasteiger partial charge in [0.15, 0.2) is 0 Å². The first-order chi connectivity index (χ1) is 8.11. The fourth-order valence-electron chi connectivity index (χ4n) is 1.54. The van der Waals surface area contributed by atoms with Crippen LogP contribution in [0.5, 0.6) is 0 Å². The van der Waals surface area contributed by atoms with E-state index in [1.165, 1.54) is 30.3 Å². The van der Waals surface area contributed by atoms with E-state index in [1.54, 1.807) is 0 Å². The van der Waals surface area contributed by atoms with Crippen molar-refractivity contribution in [3.63, 3.8) is 0 Å². The molecule has 0 fully saturated rings. The van der Waals surface area contributed by atoms with Gasteiger partial charge in [0.05, 0.1) is 16.7 Å². The lowest BCUT2D eigenvalue weighted by Crippen LogP contribution is -1.88. The number of halogens is 3. The summed E-state index contributed by atoms with van der Waals surface area (Å²) < 4.78 is 26.1. The lowest BCUT2D eigenvalue weighted by molar-refractivity contribution is 0.627. The average Bonchev–Trinajstić information content (AvgIpc) is 2.29. The third-order valence-electron chi connectivity index (χ3n) is 2.32. The van der Waals surface area contributed by atoms with E-state index in [9.17, 15) is 8.78 Å². The van der Waals surface area contributed by atoms with E-state index >= 15 is 0 Å². The predicted molar refractivity (Wildman–Crippen MR) is 61.5 cm³/mol. The normalized spacial score (nSPS) is 10.0. The molecule has 0 bridgehead atoms. The Bertz CT molecular complexity index is 617. The molecule has 0 unspecified atom stereocenters. The minimum absolute atomic E-state index is 0.145. The molecule has 84 valence electrons. The van der Waals surface area contributed by atoms with Crippen LogP contribution in [0.3, 0.4) is 0 Å². The molecule has 0 aromatic heterocycles. The molecule has 0 heterocycles. The molecule has 0 atom stereocenters. The summed E-state index contributed by atoms with van der Waals surface area (Å²) in [6.45, 7) is 0. The molecular formula is C13H6ClF2N. The van der Waals surface area contributed by atoms with Crippen LogP contribution >= 0.6 is 11.6 Å². The Balaban J connectivity index is 2.68. The van der Waals surface area contributed by atoms with E-state index in [0.29, 0.717) is 16.7 Å². The van der Waals surface area contributed by atoms with Gasteiger partial charge in [0.1, 0.15) is 11.6 Å². The monoisotopic (exact) mass is 249 g/mol. The van der Waals surface area contributed by atoms with Crippen LogP contribution in [0.25, 0.3) is 11.1 Å². The Hall–Kier alpha value is -1.92. The largest absolute Gasteiger partial charge is 0.207 e. The minimum Gasteiger partial charge on any atom is -0.207 e. The number of hydrogen-bond donors (Lipinski definition) is 0. The number of hydrogen-bond acceptors (Lipinski definition) is 1. The molecule has 0 radical (unpaired) electrons.